The number of aliphatic hydroxyl groups is 2. The minimum atomic E-state index is -0.772. The van der Waals surface area contributed by atoms with Gasteiger partial charge in [-0.1, -0.05) is 37.1 Å². The van der Waals surface area contributed by atoms with Crippen LogP contribution in [0.15, 0.2) is 65.6 Å². The van der Waals surface area contributed by atoms with Crippen LogP contribution in [0.25, 0.3) is 0 Å². The molecule has 1 saturated carbocycles. The van der Waals surface area contributed by atoms with Gasteiger partial charge in [0.05, 0.1) is 25.9 Å². The second kappa shape index (κ2) is 15.6. The summed E-state index contributed by atoms with van der Waals surface area (Å²) in [4.78, 5) is 12.6. The van der Waals surface area contributed by atoms with E-state index in [9.17, 15) is 15.0 Å². The number of hydrogen-bond acceptors (Lipinski definition) is 9. The van der Waals surface area contributed by atoms with E-state index in [1.165, 1.54) is 43.1 Å². The lowest BCUT2D eigenvalue weighted by molar-refractivity contribution is -0.131. The van der Waals surface area contributed by atoms with Crippen molar-refractivity contribution in [2.45, 2.75) is 74.6 Å². The van der Waals surface area contributed by atoms with Gasteiger partial charge in [-0.15, -0.1) is 11.8 Å². The number of esters is 1. The average Bonchev–Trinajstić information content (AvgIpc) is 3.52. The van der Waals surface area contributed by atoms with E-state index in [0.717, 1.165) is 28.7 Å². The number of benzene rings is 3. The predicted molar refractivity (Wildman–Crippen MR) is 166 cm³/mol. The lowest BCUT2D eigenvalue weighted by Crippen LogP contribution is -2.33. The summed E-state index contributed by atoms with van der Waals surface area (Å²) < 4.78 is 23.3. The highest BCUT2D eigenvalue weighted by Gasteiger charge is 2.22. The topological polar surface area (TPSA) is 106 Å². The molecule has 0 spiro atoms. The zero-order valence-electron chi connectivity index (χ0n) is 24.6. The van der Waals surface area contributed by atoms with Crippen molar-refractivity contribution in [3.63, 3.8) is 0 Å². The molecule has 0 amide bonds. The molecule has 1 heterocycles. The van der Waals surface area contributed by atoms with E-state index in [2.05, 4.69) is 29.6 Å². The third-order valence-electron chi connectivity index (χ3n) is 7.62. The molecule has 0 saturated heterocycles. The van der Waals surface area contributed by atoms with Crippen LogP contribution in [0, 0.1) is 0 Å². The minimum absolute atomic E-state index is 0.178. The molecule has 0 radical (unpaired) electrons. The maximum atomic E-state index is 11.2. The van der Waals surface area contributed by atoms with Crippen molar-refractivity contribution in [2.75, 3.05) is 26.3 Å². The average molecular weight is 608 g/mol. The highest BCUT2D eigenvalue weighted by molar-refractivity contribution is 8.00. The maximum Gasteiger partial charge on any atom is 0.308 e. The van der Waals surface area contributed by atoms with Crippen LogP contribution in [0.2, 0.25) is 0 Å². The molecule has 5 rings (SSSR count). The first kappa shape index (κ1) is 31.3. The largest absolute Gasteiger partial charge is 0.486 e. The summed E-state index contributed by atoms with van der Waals surface area (Å²) >= 11 is 1.99. The van der Waals surface area contributed by atoms with Crippen LogP contribution in [0.4, 0.5) is 0 Å². The number of rotatable bonds is 14. The van der Waals surface area contributed by atoms with Crippen molar-refractivity contribution < 1.29 is 34.0 Å². The summed E-state index contributed by atoms with van der Waals surface area (Å²) in [6.07, 6.45) is 5.12. The van der Waals surface area contributed by atoms with Crippen molar-refractivity contribution in [3.05, 3.63) is 82.9 Å². The molecule has 8 nitrogen and oxygen atoms in total. The number of aliphatic hydroxyl groups excluding tert-OH is 2. The highest BCUT2D eigenvalue weighted by atomic mass is 32.2. The van der Waals surface area contributed by atoms with Crippen LogP contribution in [0.5, 0.6) is 17.2 Å². The summed E-state index contributed by atoms with van der Waals surface area (Å²) in [6, 6.07) is 19.6. The van der Waals surface area contributed by atoms with Crippen LogP contribution in [-0.2, 0) is 29.2 Å². The van der Waals surface area contributed by atoms with Gasteiger partial charge in [-0.05, 0) is 78.9 Å². The van der Waals surface area contributed by atoms with E-state index < -0.39 is 12.1 Å². The maximum absolute atomic E-state index is 11.2. The van der Waals surface area contributed by atoms with Gasteiger partial charge in [-0.25, -0.2) is 0 Å². The van der Waals surface area contributed by atoms with Crippen LogP contribution in [-0.4, -0.2) is 53.8 Å². The molecule has 0 aromatic heterocycles. The Morgan fingerprint density at radius 2 is 1.93 bits per heavy atom. The number of carbonyl (C=O) groups excluding carboxylic acids is 1. The van der Waals surface area contributed by atoms with E-state index in [0.29, 0.717) is 49.8 Å². The molecule has 9 heteroatoms. The fourth-order valence-corrected chi connectivity index (χ4v) is 6.72. The Kier molecular flexibility index (Phi) is 11.4. The molecule has 1 fully saturated rings. The molecule has 3 aromatic rings. The second-order valence-corrected chi connectivity index (χ2v) is 12.5. The molecule has 1 aliphatic carbocycles. The first-order valence-corrected chi connectivity index (χ1v) is 15.9. The van der Waals surface area contributed by atoms with Crippen LogP contribution < -0.4 is 19.5 Å². The Balaban J connectivity index is 1.05. The van der Waals surface area contributed by atoms with Crippen LogP contribution >= 0.6 is 11.8 Å². The number of hydrogen-bond donors (Lipinski definition) is 3. The van der Waals surface area contributed by atoms with Crippen molar-refractivity contribution in [1.29, 1.82) is 0 Å². The van der Waals surface area contributed by atoms with Crippen molar-refractivity contribution in [1.82, 2.24) is 5.32 Å². The molecule has 230 valence electrons. The van der Waals surface area contributed by atoms with E-state index in [1.807, 2.05) is 30.0 Å². The predicted octanol–water partition coefficient (Wildman–Crippen LogP) is 5.36. The van der Waals surface area contributed by atoms with Gasteiger partial charge in [-0.3, -0.25) is 4.79 Å². The number of ether oxygens (including phenoxy) is 4. The molecule has 43 heavy (non-hydrogen) atoms. The molecule has 3 N–H and O–H groups in total. The van der Waals surface area contributed by atoms with Crippen molar-refractivity contribution >= 4 is 17.7 Å². The van der Waals surface area contributed by atoms with Gasteiger partial charge in [0.25, 0.3) is 0 Å². The smallest absolute Gasteiger partial charge is 0.308 e. The van der Waals surface area contributed by atoms with Gasteiger partial charge >= 0.3 is 5.97 Å². The SMILES string of the molecule is CC(=O)Oc1ccc([C@@H](O)CNCCc2ccc3c(c2)O[C@H](COCc2cccc(SC4CCCC4)c2)CO3)cc1CO. The molecule has 2 atom stereocenters. The van der Waals surface area contributed by atoms with Gasteiger partial charge in [0.1, 0.15) is 12.4 Å². The highest BCUT2D eigenvalue weighted by Crippen LogP contribution is 2.35. The fraction of sp³-hybridized carbons (Fsp3) is 0.441. The Hall–Kier alpha value is -3.08. The normalized spacial score (nSPS) is 17.1. The van der Waals surface area contributed by atoms with Gasteiger partial charge in [0.15, 0.2) is 17.6 Å². The van der Waals surface area contributed by atoms with E-state index >= 15 is 0 Å². The lowest BCUT2D eigenvalue weighted by Gasteiger charge is -2.27. The third-order valence-corrected chi connectivity index (χ3v) is 8.95. The molecule has 1 aliphatic heterocycles. The Bertz CT molecular complexity index is 1360. The number of thioether (sulfide) groups is 1. The zero-order chi connectivity index (χ0) is 30.0. The zero-order valence-corrected chi connectivity index (χ0v) is 25.4. The summed E-state index contributed by atoms with van der Waals surface area (Å²) in [5.74, 6) is 1.29. The standard InChI is InChI=1S/C34H41NO7S/c1-23(37)41-32-12-10-26(17-27(32)19-36)31(38)18-35-14-13-24-9-11-33-34(16-24)42-28(22-40-33)21-39-20-25-5-4-8-30(15-25)43-29-6-2-3-7-29/h4-5,8-12,15-17,28-29,31,35-36,38H,2-3,6-7,13-14,18-22H2,1H3/t28-,31+/m1/s1. The van der Waals surface area contributed by atoms with Gasteiger partial charge in [0, 0.05) is 29.2 Å². The molecule has 3 aromatic carbocycles. The Morgan fingerprint density at radius 3 is 2.74 bits per heavy atom. The Labute approximate surface area is 257 Å². The number of nitrogens with one attached hydrogen (secondary N) is 1. The van der Waals surface area contributed by atoms with E-state index in [-0.39, 0.29) is 12.7 Å². The van der Waals surface area contributed by atoms with Crippen LogP contribution in [0.1, 0.15) is 61.0 Å². The second-order valence-electron chi connectivity index (χ2n) is 11.1. The quantitative estimate of drug-likeness (QED) is 0.127. The number of fused-ring (bicyclic) bond motifs is 1. The van der Waals surface area contributed by atoms with Crippen molar-refractivity contribution in [2.24, 2.45) is 0 Å². The number of carbonyl (C=O) groups is 1. The summed E-state index contributed by atoms with van der Waals surface area (Å²) in [6.45, 7) is 3.44. The van der Waals surface area contributed by atoms with Gasteiger partial charge in [-0.2, -0.15) is 0 Å². The molecular weight excluding hydrogens is 566 g/mol. The summed E-state index contributed by atoms with van der Waals surface area (Å²) in [5.41, 5.74) is 3.36. The monoisotopic (exact) mass is 607 g/mol. The van der Waals surface area contributed by atoms with Crippen LogP contribution in [0.3, 0.4) is 0 Å². The summed E-state index contributed by atoms with van der Waals surface area (Å²) in [5, 5.41) is 24.2. The van der Waals surface area contributed by atoms with Crippen molar-refractivity contribution in [3.8, 4) is 17.2 Å². The first-order chi connectivity index (χ1) is 21.0. The van der Waals surface area contributed by atoms with E-state index in [1.54, 1.807) is 18.2 Å². The van der Waals surface area contributed by atoms with E-state index in [4.69, 9.17) is 18.9 Å². The molecule has 2 aliphatic rings. The van der Waals surface area contributed by atoms with Gasteiger partial charge < -0.3 is 34.5 Å². The lowest BCUT2D eigenvalue weighted by atomic mass is 10.0. The minimum Gasteiger partial charge on any atom is -0.486 e. The molecule has 0 bridgehead atoms. The van der Waals surface area contributed by atoms with Gasteiger partial charge in [0.2, 0.25) is 0 Å². The Morgan fingerprint density at radius 1 is 1.07 bits per heavy atom. The first-order valence-electron chi connectivity index (χ1n) is 15.0. The molecule has 0 unspecified atom stereocenters. The fourth-order valence-electron chi connectivity index (χ4n) is 5.39. The summed E-state index contributed by atoms with van der Waals surface area (Å²) in [7, 11) is 0. The third kappa shape index (κ3) is 9.20. The molecular formula is C34H41NO7S.